The van der Waals surface area contributed by atoms with Crippen LogP contribution in [0.15, 0.2) is 91.0 Å². The average molecular weight is 573 g/mol. The number of likely N-dealkylation sites (N-methyl/N-ethyl adjacent to an activating group) is 2. The van der Waals surface area contributed by atoms with E-state index >= 15 is 0 Å². The minimum absolute atomic E-state index is 0. The molecule has 3 rings (SSSR count). The van der Waals surface area contributed by atoms with Crippen molar-refractivity contribution in [1.82, 2.24) is 0 Å². The predicted molar refractivity (Wildman–Crippen MR) is 179 cm³/mol. The standard InChI is InChI=1S/C25H36BOSi3.C6H16N2.Li/c1-27-26(28(2,3)23-17-11-8-12-18-23,29(4,5)24-19-13-9-14-20-24)30(6,7)25-21-15-10-16-22-25;1-7(2)5-6-8(3)4;/h8-22H,1-7H3;5-6H2,1-4H3;/q-1;;+1/p+2. The molecule has 0 aliphatic heterocycles. The molecule has 39 heavy (non-hydrogen) atoms. The van der Waals surface area contributed by atoms with E-state index in [1.54, 1.807) is 0 Å². The van der Waals surface area contributed by atoms with Crippen molar-refractivity contribution < 1.29 is 33.3 Å². The fourth-order valence-corrected chi connectivity index (χ4v) is 38.4. The van der Waals surface area contributed by atoms with Crippen molar-refractivity contribution in [2.75, 3.05) is 48.4 Å². The second-order valence-corrected chi connectivity index (χ2v) is 29.4. The summed E-state index contributed by atoms with van der Waals surface area (Å²) in [5.74, 6) is 0. The SMILES string of the molecule is CO[B-]([Si](C)(C)c1ccccc1)([Si](C)(C)c1ccccc1)[Si](C)(C)c1ccccc1.C[NH+](C)CC[NH+](C)C.[Li+]. The van der Waals surface area contributed by atoms with Crippen molar-refractivity contribution in [1.29, 1.82) is 0 Å². The maximum atomic E-state index is 7.04. The molecule has 0 atom stereocenters. The van der Waals surface area contributed by atoms with E-state index in [2.05, 4.69) is 158 Å². The molecule has 8 heteroatoms. The number of quaternary nitrogens is 2. The van der Waals surface area contributed by atoms with Gasteiger partial charge >= 0.3 is 18.9 Å². The fraction of sp³-hybridized carbons (Fsp3) is 0.419. The van der Waals surface area contributed by atoms with Crippen molar-refractivity contribution in [3.8, 4) is 0 Å². The van der Waals surface area contributed by atoms with Gasteiger partial charge in [0.25, 0.3) is 0 Å². The molecule has 0 bridgehead atoms. The van der Waals surface area contributed by atoms with E-state index in [1.807, 2.05) is 7.11 Å². The van der Waals surface area contributed by atoms with Crippen molar-refractivity contribution in [2.24, 2.45) is 0 Å². The van der Waals surface area contributed by atoms with Crippen molar-refractivity contribution >= 4 is 44.5 Å². The van der Waals surface area contributed by atoms with Gasteiger partial charge in [-0.05, 0) is 30.9 Å². The summed E-state index contributed by atoms with van der Waals surface area (Å²) < 4.78 is 7.04. The van der Waals surface area contributed by atoms with Gasteiger partial charge in [-0.2, -0.15) is 0 Å². The van der Waals surface area contributed by atoms with Gasteiger partial charge in [-0.3, -0.25) is 0 Å². The van der Waals surface area contributed by atoms with Crippen LogP contribution in [0, 0.1) is 0 Å². The average Bonchev–Trinajstić information content (AvgIpc) is 2.89. The Labute approximate surface area is 255 Å². The first kappa shape index (κ1) is 35.9. The third kappa shape index (κ3) is 7.78. The largest absolute Gasteiger partial charge is 1.00 e. The summed E-state index contributed by atoms with van der Waals surface area (Å²) >= 11 is 0. The van der Waals surface area contributed by atoms with Crippen LogP contribution in [0.2, 0.25) is 39.3 Å². The summed E-state index contributed by atoms with van der Waals surface area (Å²) in [6.45, 7) is 18.0. The molecule has 0 fully saturated rings. The van der Waals surface area contributed by atoms with Crippen LogP contribution in [0.5, 0.6) is 0 Å². The fourth-order valence-electron chi connectivity index (χ4n) is 7.40. The van der Waals surface area contributed by atoms with Gasteiger partial charge in [0, 0.05) is 0 Å². The first-order valence-electron chi connectivity index (χ1n) is 14.2. The van der Waals surface area contributed by atoms with E-state index in [0.29, 0.717) is 0 Å². The van der Waals surface area contributed by atoms with Crippen LogP contribution in [-0.2, 0) is 4.65 Å². The molecule has 208 valence electrons. The third-order valence-corrected chi connectivity index (χ3v) is 34.3. The number of hydrogen-bond donors (Lipinski definition) is 2. The predicted octanol–water partition coefficient (Wildman–Crippen LogP) is -1.06. The van der Waals surface area contributed by atoms with Gasteiger partial charge in [0.05, 0.1) is 28.2 Å². The molecule has 0 saturated heterocycles. The van der Waals surface area contributed by atoms with Crippen LogP contribution >= 0.6 is 0 Å². The quantitative estimate of drug-likeness (QED) is 0.297. The van der Waals surface area contributed by atoms with Gasteiger partial charge in [0.2, 0.25) is 0 Å². The van der Waals surface area contributed by atoms with E-state index in [4.69, 9.17) is 4.65 Å². The monoisotopic (exact) mass is 572 g/mol. The van der Waals surface area contributed by atoms with E-state index in [0.717, 1.165) is 0 Å². The van der Waals surface area contributed by atoms with Crippen molar-refractivity contribution in [3.05, 3.63) is 91.0 Å². The van der Waals surface area contributed by atoms with E-state index < -0.39 is 29.0 Å². The number of nitrogens with one attached hydrogen (secondary N) is 2. The van der Waals surface area contributed by atoms with Crippen LogP contribution in [0.4, 0.5) is 0 Å². The zero-order valence-electron chi connectivity index (χ0n) is 27.1. The molecular weight excluding hydrogens is 518 g/mol. The van der Waals surface area contributed by atoms with Crippen molar-refractivity contribution in [3.63, 3.8) is 0 Å². The molecule has 0 spiro atoms. The Morgan fingerprint density at radius 3 is 0.923 bits per heavy atom. The molecule has 0 heterocycles. The summed E-state index contributed by atoms with van der Waals surface area (Å²) in [6.07, 6.45) is 0. The zero-order chi connectivity index (χ0) is 28.6. The molecular formula is C31H54BLiN2OSi3+2. The molecule has 0 amide bonds. The normalized spacial score (nSPS) is 12.5. The molecule has 0 unspecified atom stereocenters. The molecule has 0 saturated carbocycles. The molecule has 0 aliphatic rings. The Bertz CT molecular complexity index is 965. The van der Waals surface area contributed by atoms with E-state index in [1.165, 1.54) is 38.4 Å². The minimum Gasteiger partial charge on any atom is -0.596 e. The van der Waals surface area contributed by atoms with Gasteiger partial charge in [-0.1, -0.05) is 146 Å². The topological polar surface area (TPSA) is 18.1 Å². The molecule has 3 aromatic carbocycles. The summed E-state index contributed by atoms with van der Waals surface area (Å²) in [4.78, 5) is 3.07. The van der Waals surface area contributed by atoms with Crippen LogP contribution in [0.25, 0.3) is 0 Å². The summed E-state index contributed by atoms with van der Waals surface area (Å²) in [7, 11) is 4.66. The van der Waals surface area contributed by atoms with Gasteiger partial charge in [-0.25, -0.2) is 0 Å². The first-order chi connectivity index (χ1) is 17.8. The second-order valence-electron chi connectivity index (χ2n) is 13.2. The Kier molecular flexibility index (Phi) is 14.0. The van der Waals surface area contributed by atoms with Crippen LogP contribution in [0.3, 0.4) is 0 Å². The van der Waals surface area contributed by atoms with Crippen LogP contribution in [-0.4, -0.2) is 77.3 Å². The van der Waals surface area contributed by atoms with Crippen LogP contribution < -0.4 is 44.2 Å². The smallest absolute Gasteiger partial charge is 0.596 e. The van der Waals surface area contributed by atoms with E-state index in [-0.39, 0.29) is 18.9 Å². The maximum Gasteiger partial charge on any atom is 1.00 e. The molecule has 2 N–H and O–H groups in total. The number of benzene rings is 3. The molecule has 0 aliphatic carbocycles. The van der Waals surface area contributed by atoms with Gasteiger partial charge in [0.1, 0.15) is 18.2 Å². The Morgan fingerprint density at radius 1 is 0.513 bits per heavy atom. The summed E-state index contributed by atoms with van der Waals surface area (Å²) in [5.41, 5.74) is 0. The first-order valence-corrected chi connectivity index (χ1v) is 23.4. The molecule has 0 radical (unpaired) electrons. The Balaban J connectivity index is 0.000000737. The number of hydrogen-bond acceptors (Lipinski definition) is 1. The van der Waals surface area contributed by atoms with Gasteiger partial charge in [-0.15, -0.1) is 0 Å². The molecule has 0 aromatic heterocycles. The maximum absolute atomic E-state index is 7.04. The molecule has 3 nitrogen and oxygen atoms in total. The van der Waals surface area contributed by atoms with Gasteiger partial charge < -0.3 is 14.5 Å². The number of rotatable bonds is 10. The summed E-state index contributed by atoms with van der Waals surface area (Å²) in [6, 6.07) is 33.7. The Hall–Kier alpha value is -1.15. The van der Waals surface area contributed by atoms with Gasteiger partial charge in [0.15, 0.2) is 0 Å². The molecule has 3 aromatic rings. The zero-order valence-corrected chi connectivity index (χ0v) is 30.1. The van der Waals surface area contributed by atoms with Crippen LogP contribution in [0.1, 0.15) is 0 Å². The Morgan fingerprint density at radius 2 is 0.744 bits per heavy atom. The third-order valence-electron chi connectivity index (χ3n) is 9.08. The minimum atomic E-state index is -2.03. The van der Waals surface area contributed by atoms with Crippen molar-refractivity contribution in [2.45, 2.75) is 39.3 Å². The summed E-state index contributed by atoms with van der Waals surface area (Å²) in [5, 5.41) is 3.45. The second kappa shape index (κ2) is 15.2. The van der Waals surface area contributed by atoms with E-state index in [9.17, 15) is 0 Å².